The maximum Gasteiger partial charge on any atom is 0.421 e. The highest BCUT2D eigenvalue weighted by Crippen LogP contribution is 2.29. The van der Waals surface area contributed by atoms with Crippen molar-refractivity contribution in [2.45, 2.75) is 6.54 Å². The van der Waals surface area contributed by atoms with Crippen LogP contribution in [-0.2, 0) is 6.54 Å². The van der Waals surface area contributed by atoms with Crippen molar-refractivity contribution in [1.29, 1.82) is 0 Å². The van der Waals surface area contributed by atoms with Crippen molar-refractivity contribution >= 4 is 34.2 Å². The average Bonchev–Trinajstić information content (AvgIpc) is 3.33. The number of carbonyl (C=O) groups is 2. The van der Waals surface area contributed by atoms with Gasteiger partial charge in [-0.3, -0.25) is 10.1 Å². The summed E-state index contributed by atoms with van der Waals surface area (Å²) in [7, 11) is 0. The molecule has 0 aliphatic heterocycles. The molecule has 4 rings (SSSR count). The van der Waals surface area contributed by atoms with Crippen LogP contribution in [0.3, 0.4) is 0 Å². The van der Waals surface area contributed by atoms with Crippen LogP contribution in [0.5, 0.6) is 5.75 Å². The first-order valence-corrected chi connectivity index (χ1v) is 10.9. The van der Waals surface area contributed by atoms with Crippen LogP contribution in [-0.4, -0.2) is 27.1 Å². The van der Waals surface area contributed by atoms with Crippen LogP contribution in [0, 0.1) is 10.1 Å². The maximum absolute atomic E-state index is 13.1. The van der Waals surface area contributed by atoms with E-state index in [1.54, 1.807) is 12.1 Å². The number of carboxylic acids is 1. The summed E-state index contributed by atoms with van der Waals surface area (Å²) in [5.41, 5.74) is 2.25. The first kappa shape index (κ1) is 22.6. The number of nitro groups is 1. The monoisotopic (exact) mass is 475 g/mol. The van der Waals surface area contributed by atoms with Gasteiger partial charge in [0.25, 0.3) is 5.69 Å². The molecular weight excluding hydrogens is 458 g/mol. The molecule has 0 saturated carbocycles. The zero-order valence-corrected chi connectivity index (χ0v) is 18.3. The molecule has 1 amide bonds. The van der Waals surface area contributed by atoms with Gasteiger partial charge in [0.05, 0.1) is 22.7 Å². The van der Waals surface area contributed by atoms with Crippen molar-refractivity contribution in [3.05, 3.63) is 105 Å². The van der Waals surface area contributed by atoms with Crippen LogP contribution in [0.15, 0.2) is 84.2 Å². The Hall–Kier alpha value is -4.57. The van der Waals surface area contributed by atoms with Crippen LogP contribution in [0.2, 0.25) is 0 Å². The number of carboxylic acid groups (broad SMARTS) is 1. The summed E-state index contributed by atoms with van der Waals surface area (Å²) in [4.78, 5) is 40.5. The highest BCUT2D eigenvalue weighted by molar-refractivity contribution is 7.14. The third-order valence-corrected chi connectivity index (χ3v) is 5.67. The van der Waals surface area contributed by atoms with E-state index < -0.39 is 17.0 Å². The quantitative estimate of drug-likeness (QED) is 0.272. The molecule has 34 heavy (non-hydrogen) atoms. The van der Waals surface area contributed by atoms with E-state index in [-0.39, 0.29) is 23.5 Å². The van der Waals surface area contributed by atoms with Crippen LogP contribution >= 0.6 is 11.3 Å². The second-order valence-corrected chi connectivity index (χ2v) is 7.93. The summed E-state index contributed by atoms with van der Waals surface area (Å²) < 4.78 is 5.45. The molecule has 0 atom stereocenters. The van der Waals surface area contributed by atoms with E-state index in [2.05, 4.69) is 4.98 Å². The van der Waals surface area contributed by atoms with Gasteiger partial charge in [-0.15, -0.1) is 11.3 Å². The minimum Gasteiger partial charge on any atom is -0.478 e. The van der Waals surface area contributed by atoms with Gasteiger partial charge in [-0.25, -0.2) is 19.5 Å². The Bertz CT molecular complexity index is 1320. The molecule has 0 radical (unpaired) electrons. The van der Waals surface area contributed by atoms with Crippen molar-refractivity contribution in [1.82, 2.24) is 4.98 Å². The lowest BCUT2D eigenvalue weighted by Gasteiger charge is -2.19. The lowest BCUT2D eigenvalue weighted by atomic mass is 10.1. The maximum atomic E-state index is 13.1. The molecule has 0 aliphatic carbocycles. The number of anilines is 1. The molecule has 170 valence electrons. The number of nitrogens with zero attached hydrogens (tertiary/aromatic N) is 3. The molecule has 0 fully saturated rings. The van der Waals surface area contributed by atoms with Crippen LogP contribution < -0.4 is 9.64 Å². The van der Waals surface area contributed by atoms with Gasteiger partial charge in [-0.05, 0) is 29.8 Å². The molecule has 1 aromatic heterocycles. The molecule has 10 heteroatoms. The number of aromatic carboxylic acids is 1. The molecule has 0 unspecified atom stereocenters. The van der Waals surface area contributed by atoms with E-state index in [4.69, 9.17) is 9.84 Å². The molecule has 9 nitrogen and oxygen atoms in total. The fourth-order valence-corrected chi connectivity index (χ4v) is 3.89. The minimum absolute atomic E-state index is 0.0768. The van der Waals surface area contributed by atoms with Crippen molar-refractivity contribution in [2.75, 3.05) is 4.90 Å². The standard InChI is InChI=1S/C24H17N3O6S/c28-22(29)18-8-6-16(7-9-18)14-26(23-25-21(15-34-23)17-4-2-1-3-5-17)24(30)33-20-12-10-19(11-13-20)27(31)32/h1-13,15H,14H2,(H,28,29). The fraction of sp³-hybridized carbons (Fsp3) is 0.0417. The summed E-state index contributed by atoms with van der Waals surface area (Å²) in [6.45, 7) is 0.0768. The normalized spacial score (nSPS) is 10.5. The van der Waals surface area contributed by atoms with E-state index in [1.165, 1.54) is 52.6 Å². The summed E-state index contributed by atoms with van der Waals surface area (Å²) in [6, 6.07) is 20.8. The number of thiazole rings is 1. The largest absolute Gasteiger partial charge is 0.478 e. The molecule has 3 aromatic carbocycles. The summed E-state index contributed by atoms with van der Waals surface area (Å²) >= 11 is 1.26. The number of ether oxygens (including phenoxy) is 1. The van der Waals surface area contributed by atoms with Crippen molar-refractivity contribution < 1.29 is 24.4 Å². The Kier molecular flexibility index (Phi) is 6.60. The predicted octanol–water partition coefficient (Wildman–Crippen LogP) is 5.62. The molecule has 0 spiro atoms. The van der Waals surface area contributed by atoms with Crippen molar-refractivity contribution in [3.8, 4) is 17.0 Å². The van der Waals surface area contributed by atoms with Gasteiger partial charge < -0.3 is 9.84 Å². The van der Waals surface area contributed by atoms with E-state index in [1.807, 2.05) is 35.7 Å². The van der Waals surface area contributed by atoms with Crippen LogP contribution in [0.4, 0.5) is 15.6 Å². The zero-order valence-electron chi connectivity index (χ0n) is 17.5. The Morgan fingerprint density at radius 2 is 1.68 bits per heavy atom. The van der Waals surface area contributed by atoms with Gasteiger partial charge in [0.2, 0.25) is 0 Å². The van der Waals surface area contributed by atoms with E-state index in [0.29, 0.717) is 16.4 Å². The Morgan fingerprint density at radius 1 is 1.00 bits per heavy atom. The van der Waals surface area contributed by atoms with Crippen molar-refractivity contribution in [2.24, 2.45) is 0 Å². The average molecular weight is 475 g/mol. The smallest absolute Gasteiger partial charge is 0.421 e. The number of benzene rings is 3. The molecule has 4 aromatic rings. The topological polar surface area (TPSA) is 123 Å². The van der Waals surface area contributed by atoms with E-state index >= 15 is 0 Å². The van der Waals surface area contributed by atoms with Gasteiger partial charge in [-0.2, -0.15) is 0 Å². The van der Waals surface area contributed by atoms with Gasteiger partial charge in [-0.1, -0.05) is 42.5 Å². The number of hydrogen-bond donors (Lipinski definition) is 1. The predicted molar refractivity (Wildman–Crippen MR) is 126 cm³/mol. The molecule has 1 N–H and O–H groups in total. The number of aromatic nitrogens is 1. The van der Waals surface area contributed by atoms with Crippen LogP contribution in [0.1, 0.15) is 15.9 Å². The van der Waals surface area contributed by atoms with Crippen LogP contribution in [0.25, 0.3) is 11.3 Å². The second-order valence-electron chi connectivity index (χ2n) is 7.09. The molecule has 0 saturated heterocycles. The first-order chi connectivity index (χ1) is 16.4. The van der Waals surface area contributed by atoms with E-state index in [9.17, 15) is 19.7 Å². The zero-order chi connectivity index (χ0) is 24.1. The van der Waals surface area contributed by atoms with Gasteiger partial charge in [0, 0.05) is 23.1 Å². The number of nitro benzene ring substituents is 1. The van der Waals surface area contributed by atoms with Gasteiger partial charge in [0.1, 0.15) is 5.75 Å². The Balaban J connectivity index is 1.61. The molecule has 0 aliphatic rings. The first-order valence-electron chi connectivity index (χ1n) is 9.97. The van der Waals surface area contributed by atoms with Gasteiger partial charge >= 0.3 is 12.1 Å². The molecule has 1 heterocycles. The number of hydrogen-bond acceptors (Lipinski definition) is 7. The Morgan fingerprint density at radius 3 is 2.29 bits per heavy atom. The number of rotatable bonds is 7. The number of non-ortho nitro benzene ring substituents is 1. The minimum atomic E-state index is -1.05. The molecular formula is C24H17N3O6S. The number of carbonyl (C=O) groups excluding carboxylic acids is 1. The lowest BCUT2D eigenvalue weighted by Crippen LogP contribution is -2.33. The van der Waals surface area contributed by atoms with Crippen molar-refractivity contribution in [3.63, 3.8) is 0 Å². The molecule has 0 bridgehead atoms. The third kappa shape index (κ3) is 5.25. The summed E-state index contributed by atoms with van der Waals surface area (Å²) in [5.74, 6) is -0.907. The van der Waals surface area contributed by atoms with Gasteiger partial charge in [0.15, 0.2) is 5.13 Å². The Labute approximate surface area is 197 Å². The third-order valence-electron chi connectivity index (χ3n) is 4.81. The summed E-state index contributed by atoms with van der Waals surface area (Å²) in [6.07, 6.45) is -0.731. The highest BCUT2D eigenvalue weighted by Gasteiger charge is 2.23. The highest BCUT2D eigenvalue weighted by atomic mass is 32.1. The number of amides is 1. The second kappa shape index (κ2) is 9.92. The fourth-order valence-electron chi connectivity index (χ4n) is 3.07. The summed E-state index contributed by atoms with van der Waals surface area (Å²) in [5, 5.41) is 22.2. The lowest BCUT2D eigenvalue weighted by molar-refractivity contribution is -0.384. The SMILES string of the molecule is O=C(O)c1ccc(CN(C(=O)Oc2ccc([N+](=O)[O-])cc2)c2nc(-c3ccccc3)cs2)cc1. The van der Waals surface area contributed by atoms with E-state index in [0.717, 1.165) is 5.56 Å².